The summed E-state index contributed by atoms with van der Waals surface area (Å²) in [6.07, 6.45) is 23.7. The van der Waals surface area contributed by atoms with Gasteiger partial charge in [-0.3, -0.25) is 9.59 Å². The molecule has 0 radical (unpaired) electrons. The molecule has 0 bridgehead atoms. The molecule has 1 aromatic rings. The molecule has 0 aliphatic rings. The van der Waals surface area contributed by atoms with Crippen LogP contribution in [0, 0.1) is 0 Å². The molecule has 5 nitrogen and oxygen atoms in total. The second kappa shape index (κ2) is 32.3. The van der Waals surface area contributed by atoms with Crippen LogP contribution in [0.2, 0.25) is 0 Å². The van der Waals surface area contributed by atoms with Crippen LogP contribution in [0.25, 0.3) is 0 Å². The summed E-state index contributed by atoms with van der Waals surface area (Å²) in [5.41, 5.74) is 0.965. The van der Waals surface area contributed by atoms with E-state index in [0.717, 1.165) is 24.8 Å². The van der Waals surface area contributed by atoms with E-state index in [1.165, 1.54) is 96.3 Å². The lowest BCUT2D eigenvalue weighted by Crippen LogP contribution is -2.10. The van der Waals surface area contributed by atoms with Gasteiger partial charge >= 0.3 is 11.9 Å². The Labute approximate surface area is 241 Å². The van der Waals surface area contributed by atoms with E-state index in [9.17, 15) is 9.59 Å². The van der Waals surface area contributed by atoms with Crippen molar-refractivity contribution in [2.24, 2.45) is 0 Å². The molecule has 1 rings (SSSR count). The van der Waals surface area contributed by atoms with E-state index in [1.807, 2.05) is 44.2 Å². The molecular weight excluding hydrogens is 488 g/mol. The molecule has 228 valence electrons. The van der Waals surface area contributed by atoms with Crippen LogP contribution in [0.5, 0.6) is 0 Å². The van der Waals surface area contributed by atoms with Crippen LogP contribution in [0.4, 0.5) is 0 Å². The largest absolute Gasteiger partial charge is 0.481 e. The van der Waals surface area contributed by atoms with E-state index in [1.54, 1.807) is 0 Å². The lowest BCUT2D eigenvalue weighted by atomic mass is 10.1. The van der Waals surface area contributed by atoms with Crippen LogP contribution in [0.3, 0.4) is 0 Å². The predicted molar refractivity (Wildman–Crippen MR) is 165 cm³/mol. The van der Waals surface area contributed by atoms with E-state index in [0.29, 0.717) is 12.8 Å². The maximum Gasteiger partial charge on any atom is 0.306 e. The van der Waals surface area contributed by atoms with E-state index < -0.39 is 5.97 Å². The lowest BCUT2D eigenvalue weighted by Gasteiger charge is -2.07. The van der Waals surface area contributed by atoms with Gasteiger partial charge in [0, 0.05) is 12.8 Å². The number of hydrogen-bond acceptors (Lipinski definition) is 4. The first-order chi connectivity index (χ1) is 18.9. The van der Waals surface area contributed by atoms with Gasteiger partial charge in [0.15, 0.2) is 0 Å². The molecule has 2 N–H and O–H groups in total. The van der Waals surface area contributed by atoms with Crippen molar-refractivity contribution >= 4 is 11.9 Å². The third-order valence-electron chi connectivity index (χ3n) is 6.37. The van der Waals surface area contributed by atoms with Crippen molar-refractivity contribution < 1.29 is 24.5 Å². The summed E-state index contributed by atoms with van der Waals surface area (Å²) in [6.45, 7) is 8.40. The molecule has 0 atom stereocenters. The van der Waals surface area contributed by atoms with Gasteiger partial charge in [0.25, 0.3) is 0 Å². The molecule has 0 saturated heterocycles. The molecule has 0 heterocycles. The number of carboxylic acids is 1. The number of aliphatic hydroxyl groups is 1. The number of esters is 1. The van der Waals surface area contributed by atoms with Crippen molar-refractivity contribution in [3.8, 4) is 0 Å². The van der Waals surface area contributed by atoms with Crippen molar-refractivity contribution in [1.29, 1.82) is 0 Å². The molecule has 0 aliphatic heterocycles. The molecule has 0 unspecified atom stereocenters. The van der Waals surface area contributed by atoms with Crippen molar-refractivity contribution in [3.63, 3.8) is 0 Å². The minimum Gasteiger partial charge on any atom is -0.481 e. The second-order valence-electron chi connectivity index (χ2n) is 10.7. The zero-order valence-corrected chi connectivity index (χ0v) is 25.9. The average molecular weight is 551 g/mol. The Kier molecular flexibility index (Phi) is 32.6. The number of carboxylic acid groups (broad SMARTS) is 1. The highest BCUT2D eigenvalue weighted by atomic mass is 16.5. The Bertz CT molecular complexity index is 630. The fraction of sp³-hybridized carbons (Fsp3) is 0.765. The highest BCUT2D eigenvalue weighted by Gasteiger charge is 2.04. The quantitative estimate of drug-likeness (QED) is 0.111. The van der Waals surface area contributed by atoms with Gasteiger partial charge in [-0.15, -0.1) is 0 Å². The summed E-state index contributed by atoms with van der Waals surface area (Å²) in [7, 11) is 0. The van der Waals surface area contributed by atoms with Gasteiger partial charge in [-0.25, -0.2) is 0 Å². The number of benzene rings is 1. The standard InChI is InChI=1S/C17H34O2.C10H20O2.C7H8O/c1-4-5-6-7-8-9-10-11-12-13-14-15-17(18)19-16(2)3;1-2-3-4-5-6-7-8-9-10(11)12;8-6-7-4-2-1-3-5-7/h16H,4-15H2,1-3H3;2-9H2,1H3,(H,11,12);1-5,8H,6H2. The molecule has 0 spiro atoms. The summed E-state index contributed by atoms with van der Waals surface area (Å²) in [5, 5.41) is 16.9. The van der Waals surface area contributed by atoms with Gasteiger partial charge in [-0.2, -0.15) is 0 Å². The van der Waals surface area contributed by atoms with Crippen LogP contribution < -0.4 is 0 Å². The lowest BCUT2D eigenvalue weighted by molar-refractivity contribution is -0.147. The molecule has 0 aromatic heterocycles. The van der Waals surface area contributed by atoms with E-state index >= 15 is 0 Å². The van der Waals surface area contributed by atoms with Gasteiger partial charge in [0.05, 0.1) is 12.7 Å². The second-order valence-corrected chi connectivity index (χ2v) is 10.7. The smallest absolute Gasteiger partial charge is 0.306 e. The Hall–Kier alpha value is -1.88. The topological polar surface area (TPSA) is 83.8 Å². The highest BCUT2D eigenvalue weighted by Crippen LogP contribution is 2.12. The van der Waals surface area contributed by atoms with Crippen molar-refractivity contribution in [2.75, 3.05) is 0 Å². The minimum absolute atomic E-state index is 0.0280. The zero-order chi connectivity index (χ0) is 29.4. The number of aliphatic carboxylic acids is 1. The van der Waals surface area contributed by atoms with Gasteiger partial charge in [0.2, 0.25) is 0 Å². The molecule has 1 aromatic carbocycles. The first-order valence-electron chi connectivity index (χ1n) is 15.9. The van der Waals surface area contributed by atoms with E-state index in [2.05, 4.69) is 13.8 Å². The normalized spacial score (nSPS) is 10.3. The van der Waals surface area contributed by atoms with Gasteiger partial charge in [-0.1, -0.05) is 147 Å². The van der Waals surface area contributed by atoms with Crippen molar-refractivity contribution in [2.45, 2.75) is 169 Å². The molecular formula is C34H62O5. The van der Waals surface area contributed by atoms with Crippen LogP contribution in [0.15, 0.2) is 30.3 Å². The van der Waals surface area contributed by atoms with Crippen molar-refractivity contribution in [1.82, 2.24) is 0 Å². The SMILES string of the molecule is CCCCCCCCCC(=O)O.CCCCCCCCCCCCCC(=O)OC(C)C.OCc1ccccc1. The number of rotatable bonds is 22. The summed E-state index contributed by atoms with van der Waals surface area (Å²) in [4.78, 5) is 21.4. The van der Waals surface area contributed by atoms with Crippen LogP contribution in [-0.2, 0) is 20.9 Å². The minimum atomic E-state index is -0.663. The number of hydrogen-bond donors (Lipinski definition) is 2. The zero-order valence-electron chi connectivity index (χ0n) is 25.9. The van der Waals surface area contributed by atoms with E-state index in [4.69, 9.17) is 14.9 Å². The van der Waals surface area contributed by atoms with E-state index in [-0.39, 0.29) is 18.7 Å². The molecule has 0 aliphatic carbocycles. The van der Waals surface area contributed by atoms with Gasteiger partial charge < -0.3 is 14.9 Å². The number of aliphatic hydroxyl groups excluding tert-OH is 1. The number of ether oxygens (including phenoxy) is 1. The summed E-state index contributed by atoms with van der Waals surface area (Å²) in [6, 6.07) is 9.52. The Balaban J connectivity index is 0. The maximum absolute atomic E-state index is 11.3. The summed E-state index contributed by atoms with van der Waals surface area (Å²) < 4.78 is 5.10. The van der Waals surface area contributed by atoms with Gasteiger partial charge in [-0.05, 0) is 32.3 Å². The summed E-state index contributed by atoms with van der Waals surface area (Å²) >= 11 is 0. The Morgan fingerprint density at radius 2 is 1.03 bits per heavy atom. The van der Waals surface area contributed by atoms with Crippen molar-refractivity contribution in [3.05, 3.63) is 35.9 Å². The molecule has 0 amide bonds. The number of carbonyl (C=O) groups is 2. The highest BCUT2D eigenvalue weighted by molar-refractivity contribution is 5.69. The van der Waals surface area contributed by atoms with Crippen LogP contribution >= 0.6 is 0 Å². The first kappa shape index (κ1) is 39.3. The van der Waals surface area contributed by atoms with Gasteiger partial charge in [0.1, 0.15) is 0 Å². The maximum atomic E-state index is 11.3. The summed E-state index contributed by atoms with van der Waals surface area (Å²) in [5.74, 6) is -0.700. The fourth-order valence-corrected chi connectivity index (χ4v) is 4.07. The third kappa shape index (κ3) is 36.1. The fourth-order valence-electron chi connectivity index (χ4n) is 4.07. The molecule has 39 heavy (non-hydrogen) atoms. The van der Waals surface area contributed by atoms with Crippen LogP contribution in [0.1, 0.15) is 162 Å². The average Bonchev–Trinajstić information content (AvgIpc) is 2.92. The number of carbonyl (C=O) groups excluding carboxylic acids is 1. The first-order valence-corrected chi connectivity index (χ1v) is 15.9. The number of unbranched alkanes of at least 4 members (excludes halogenated alkanes) is 16. The third-order valence-corrected chi connectivity index (χ3v) is 6.37. The molecule has 5 heteroatoms. The molecule has 0 saturated carbocycles. The van der Waals surface area contributed by atoms with Crippen LogP contribution in [-0.4, -0.2) is 28.3 Å². The molecule has 0 fully saturated rings. The Morgan fingerprint density at radius 1 is 0.641 bits per heavy atom. The monoisotopic (exact) mass is 550 g/mol. The Morgan fingerprint density at radius 3 is 1.36 bits per heavy atom. The predicted octanol–water partition coefficient (Wildman–Crippen LogP) is 10.0.